The number of aliphatic hydroxyl groups excluding tert-OH is 1. The molecule has 0 spiro atoms. The Morgan fingerprint density at radius 2 is 2.11 bits per heavy atom. The van der Waals surface area contributed by atoms with E-state index in [0.717, 1.165) is 10.2 Å². The molecule has 1 aromatic heterocycles. The van der Waals surface area contributed by atoms with Crippen molar-refractivity contribution in [2.24, 2.45) is 0 Å². The van der Waals surface area contributed by atoms with Crippen LogP contribution in [0.3, 0.4) is 0 Å². The molecule has 0 saturated carbocycles. The molecule has 1 heterocycles. The van der Waals surface area contributed by atoms with Crippen LogP contribution in [0.4, 0.5) is 5.69 Å². The van der Waals surface area contributed by atoms with E-state index in [0.29, 0.717) is 6.42 Å². The number of fused-ring (bicyclic) bond motifs is 1. The quantitative estimate of drug-likeness (QED) is 0.897. The van der Waals surface area contributed by atoms with Crippen molar-refractivity contribution < 1.29 is 5.11 Å². The summed E-state index contributed by atoms with van der Waals surface area (Å²) in [5.41, 5.74) is 3.34. The first-order valence-corrected chi connectivity index (χ1v) is 6.67. The summed E-state index contributed by atoms with van der Waals surface area (Å²) in [6, 6.07) is 10.0. The Balaban J connectivity index is 1.92. The number of aliphatic hydroxyl groups is 1. The van der Waals surface area contributed by atoms with Gasteiger partial charge < -0.3 is 10.4 Å². The number of hydrogen-bond acceptors (Lipinski definition) is 3. The molecule has 4 heteroatoms. The second-order valence-corrected chi connectivity index (χ2v) is 5.30. The Kier molecular flexibility index (Phi) is 3.06. The molecular formula is C14H13BrN2O. The summed E-state index contributed by atoms with van der Waals surface area (Å²) in [7, 11) is 0. The van der Waals surface area contributed by atoms with Crippen LogP contribution in [0.2, 0.25) is 0 Å². The molecule has 1 aromatic carbocycles. The van der Waals surface area contributed by atoms with Crippen LogP contribution in [-0.2, 0) is 6.42 Å². The molecular weight excluding hydrogens is 292 g/mol. The zero-order valence-corrected chi connectivity index (χ0v) is 11.3. The molecule has 0 unspecified atom stereocenters. The molecule has 1 aliphatic rings. The van der Waals surface area contributed by atoms with E-state index in [2.05, 4.69) is 38.4 Å². The molecule has 0 amide bonds. The topological polar surface area (TPSA) is 45.1 Å². The van der Waals surface area contributed by atoms with Crippen molar-refractivity contribution in [2.45, 2.75) is 18.6 Å². The molecule has 1 aliphatic carbocycles. The monoisotopic (exact) mass is 304 g/mol. The fourth-order valence-electron chi connectivity index (χ4n) is 2.41. The maximum Gasteiger partial charge on any atom is 0.0823 e. The third kappa shape index (κ3) is 2.02. The lowest BCUT2D eigenvalue weighted by atomic mass is 10.1. The van der Waals surface area contributed by atoms with Crippen LogP contribution in [0.5, 0.6) is 0 Å². The first-order valence-electron chi connectivity index (χ1n) is 5.87. The molecule has 0 bridgehead atoms. The van der Waals surface area contributed by atoms with Gasteiger partial charge in [0.05, 0.1) is 22.3 Å². The summed E-state index contributed by atoms with van der Waals surface area (Å²) >= 11 is 3.46. The lowest BCUT2D eigenvalue weighted by Crippen LogP contribution is -2.21. The number of nitrogens with zero attached hydrogens (tertiary/aromatic N) is 1. The number of pyridine rings is 1. The zero-order valence-electron chi connectivity index (χ0n) is 9.68. The van der Waals surface area contributed by atoms with E-state index >= 15 is 0 Å². The molecule has 3 nitrogen and oxygen atoms in total. The first kappa shape index (κ1) is 11.7. The Morgan fingerprint density at radius 1 is 1.28 bits per heavy atom. The van der Waals surface area contributed by atoms with Crippen LogP contribution in [0.1, 0.15) is 17.2 Å². The summed E-state index contributed by atoms with van der Waals surface area (Å²) in [5.74, 6) is 0. The molecule has 0 fully saturated rings. The Morgan fingerprint density at radius 3 is 2.94 bits per heavy atom. The zero-order chi connectivity index (χ0) is 12.5. The van der Waals surface area contributed by atoms with Crippen molar-refractivity contribution in [3.63, 3.8) is 0 Å². The van der Waals surface area contributed by atoms with Crippen LogP contribution >= 0.6 is 15.9 Å². The SMILES string of the molecule is O[C@@H]1Cc2ccccc2[C@@H]1Nc1ccncc1Br. The van der Waals surface area contributed by atoms with Crippen molar-refractivity contribution in [2.75, 3.05) is 5.32 Å². The van der Waals surface area contributed by atoms with Crippen molar-refractivity contribution in [1.82, 2.24) is 4.98 Å². The van der Waals surface area contributed by atoms with Gasteiger partial charge in [-0.2, -0.15) is 0 Å². The lowest BCUT2D eigenvalue weighted by molar-refractivity contribution is 0.166. The highest BCUT2D eigenvalue weighted by molar-refractivity contribution is 9.10. The number of aromatic nitrogens is 1. The highest BCUT2D eigenvalue weighted by atomic mass is 79.9. The van der Waals surface area contributed by atoms with Gasteiger partial charge in [0, 0.05) is 18.8 Å². The third-order valence-corrected chi connectivity index (χ3v) is 3.92. The van der Waals surface area contributed by atoms with E-state index in [4.69, 9.17) is 0 Å². The molecule has 2 atom stereocenters. The highest BCUT2D eigenvalue weighted by Crippen LogP contribution is 2.35. The number of benzene rings is 1. The van der Waals surface area contributed by atoms with Crippen LogP contribution in [0.15, 0.2) is 47.2 Å². The number of halogens is 1. The van der Waals surface area contributed by atoms with E-state index in [1.54, 1.807) is 12.4 Å². The Labute approximate surface area is 114 Å². The Hall–Kier alpha value is -1.39. The minimum atomic E-state index is -0.387. The van der Waals surface area contributed by atoms with Gasteiger partial charge in [-0.05, 0) is 33.1 Å². The molecule has 0 saturated heterocycles. The number of nitrogens with one attached hydrogen (secondary N) is 1. The number of rotatable bonds is 2. The number of anilines is 1. The van der Waals surface area contributed by atoms with Gasteiger partial charge in [0.25, 0.3) is 0 Å². The first-order chi connectivity index (χ1) is 8.75. The van der Waals surface area contributed by atoms with E-state index in [1.165, 1.54) is 11.1 Å². The smallest absolute Gasteiger partial charge is 0.0823 e. The molecule has 0 aliphatic heterocycles. The predicted octanol–water partition coefficient (Wildman–Crippen LogP) is 2.91. The van der Waals surface area contributed by atoms with Gasteiger partial charge in [-0.3, -0.25) is 4.98 Å². The molecule has 2 N–H and O–H groups in total. The van der Waals surface area contributed by atoms with E-state index in [-0.39, 0.29) is 12.1 Å². The van der Waals surface area contributed by atoms with Gasteiger partial charge in [-0.25, -0.2) is 0 Å². The van der Waals surface area contributed by atoms with Crippen LogP contribution in [0, 0.1) is 0 Å². The van der Waals surface area contributed by atoms with Gasteiger partial charge in [0.1, 0.15) is 0 Å². The van der Waals surface area contributed by atoms with Crippen molar-refractivity contribution >= 4 is 21.6 Å². The summed E-state index contributed by atoms with van der Waals surface area (Å²) in [5, 5.41) is 13.5. The normalized spacial score (nSPS) is 21.7. The minimum Gasteiger partial charge on any atom is -0.390 e. The molecule has 2 aromatic rings. The summed E-state index contributed by atoms with van der Waals surface area (Å²) < 4.78 is 0.904. The Bertz CT molecular complexity index is 573. The largest absolute Gasteiger partial charge is 0.390 e. The fraction of sp³-hybridized carbons (Fsp3) is 0.214. The van der Waals surface area contributed by atoms with Crippen molar-refractivity contribution in [1.29, 1.82) is 0 Å². The van der Waals surface area contributed by atoms with Crippen LogP contribution < -0.4 is 5.32 Å². The lowest BCUT2D eigenvalue weighted by Gasteiger charge is -2.19. The standard InChI is InChI=1S/C14H13BrN2O/c15-11-8-16-6-5-12(11)17-14-10-4-2-1-3-9(10)7-13(14)18/h1-6,8,13-14,18H,7H2,(H,16,17)/t13-,14+/m1/s1. The minimum absolute atomic E-state index is 0.0556. The van der Waals surface area contributed by atoms with E-state index in [1.807, 2.05) is 18.2 Å². The van der Waals surface area contributed by atoms with Crippen LogP contribution in [0.25, 0.3) is 0 Å². The van der Waals surface area contributed by atoms with Gasteiger partial charge in [-0.1, -0.05) is 24.3 Å². The van der Waals surface area contributed by atoms with Crippen molar-refractivity contribution in [3.8, 4) is 0 Å². The molecule has 18 heavy (non-hydrogen) atoms. The summed E-state index contributed by atoms with van der Waals surface area (Å²) in [6.07, 6.45) is 3.80. The average molecular weight is 305 g/mol. The number of hydrogen-bond donors (Lipinski definition) is 2. The van der Waals surface area contributed by atoms with Crippen molar-refractivity contribution in [3.05, 3.63) is 58.3 Å². The summed E-state index contributed by atoms with van der Waals surface area (Å²) in [6.45, 7) is 0. The maximum atomic E-state index is 10.2. The van der Waals surface area contributed by atoms with Gasteiger partial charge in [0.15, 0.2) is 0 Å². The predicted molar refractivity (Wildman–Crippen MR) is 74.5 cm³/mol. The fourth-order valence-corrected chi connectivity index (χ4v) is 2.77. The third-order valence-electron chi connectivity index (χ3n) is 3.29. The molecule has 3 rings (SSSR count). The van der Waals surface area contributed by atoms with Crippen LogP contribution in [-0.4, -0.2) is 16.2 Å². The second-order valence-electron chi connectivity index (χ2n) is 4.45. The van der Waals surface area contributed by atoms with Gasteiger partial charge >= 0.3 is 0 Å². The van der Waals surface area contributed by atoms with Gasteiger partial charge in [-0.15, -0.1) is 0 Å². The second kappa shape index (κ2) is 4.71. The molecule has 92 valence electrons. The van der Waals surface area contributed by atoms with E-state index < -0.39 is 0 Å². The molecule has 0 radical (unpaired) electrons. The van der Waals surface area contributed by atoms with E-state index in [9.17, 15) is 5.11 Å². The highest BCUT2D eigenvalue weighted by Gasteiger charge is 2.30. The average Bonchev–Trinajstić information content (AvgIpc) is 2.69. The van der Waals surface area contributed by atoms with Gasteiger partial charge in [0.2, 0.25) is 0 Å². The maximum absolute atomic E-state index is 10.2. The summed E-state index contributed by atoms with van der Waals surface area (Å²) in [4.78, 5) is 4.03.